The highest BCUT2D eigenvalue weighted by Gasteiger charge is 2.14. The smallest absolute Gasteiger partial charge is 0.373 e. The summed E-state index contributed by atoms with van der Waals surface area (Å²) in [6.45, 7) is 2.44. The van der Waals surface area contributed by atoms with Crippen molar-refractivity contribution in [2.24, 2.45) is 0 Å². The van der Waals surface area contributed by atoms with Gasteiger partial charge in [-0.3, -0.25) is 9.36 Å². The van der Waals surface area contributed by atoms with Crippen molar-refractivity contribution < 1.29 is 13.9 Å². The molecule has 0 fully saturated rings. The topological polar surface area (TPSA) is 74.3 Å². The van der Waals surface area contributed by atoms with Gasteiger partial charge in [-0.2, -0.15) is 0 Å². The van der Waals surface area contributed by atoms with Crippen LogP contribution in [0.15, 0.2) is 62.9 Å². The second-order valence-corrected chi connectivity index (χ2v) is 7.15. The summed E-state index contributed by atoms with van der Waals surface area (Å²) in [5, 5.41) is 3.28. The highest BCUT2D eigenvalue weighted by Crippen LogP contribution is 2.25. The maximum atomic E-state index is 13.0. The summed E-state index contributed by atoms with van der Waals surface area (Å²) in [5.74, 6) is 0.699. The van der Waals surface area contributed by atoms with E-state index in [9.17, 15) is 9.59 Å². The third-order valence-corrected chi connectivity index (χ3v) is 5.49. The molecule has 2 heterocycles. The zero-order valence-electron chi connectivity index (χ0n) is 15.5. The molecule has 4 rings (SSSR count). The highest BCUT2D eigenvalue weighted by atomic mass is 32.2. The first-order chi connectivity index (χ1) is 13.6. The Morgan fingerprint density at radius 3 is 2.64 bits per heavy atom. The SMILES string of the molecule is CCn1c(SCc2ccc(C(=O)OC)o2)nc2cc3ccccc3cc2c1=O. The van der Waals surface area contributed by atoms with Crippen LogP contribution in [-0.4, -0.2) is 22.6 Å². The molecule has 0 unspecified atom stereocenters. The molecular weight excluding hydrogens is 376 g/mol. The molecule has 0 saturated heterocycles. The summed E-state index contributed by atoms with van der Waals surface area (Å²) in [4.78, 5) is 29.2. The lowest BCUT2D eigenvalue weighted by Gasteiger charge is -2.11. The molecule has 0 aliphatic rings. The summed E-state index contributed by atoms with van der Waals surface area (Å²) in [7, 11) is 1.31. The average molecular weight is 394 g/mol. The Balaban J connectivity index is 1.71. The monoisotopic (exact) mass is 394 g/mol. The Morgan fingerprint density at radius 1 is 1.18 bits per heavy atom. The van der Waals surface area contributed by atoms with Crippen molar-refractivity contribution >= 4 is 39.4 Å². The van der Waals surface area contributed by atoms with Crippen LogP contribution in [0, 0.1) is 0 Å². The van der Waals surface area contributed by atoms with Gasteiger partial charge in [0.25, 0.3) is 5.56 Å². The van der Waals surface area contributed by atoms with Gasteiger partial charge < -0.3 is 9.15 Å². The molecular formula is C21H18N2O4S. The van der Waals surface area contributed by atoms with Gasteiger partial charge in [-0.1, -0.05) is 36.0 Å². The molecule has 2 aromatic heterocycles. The molecule has 0 spiro atoms. The molecule has 6 nitrogen and oxygen atoms in total. The zero-order valence-corrected chi connectivity index (χ0v) is 16.3. The number of esters is 1. The highest BCUT2D eigenvalue weighted by molar-refractivity contribution is 7.98. The van der Waals surface area contributed by atoms with Gasteiger partial charge in [0, 0.05) is 6.54 Å². The quantitative estimate of drug-likeness (QED) is 0.218. The number of carbonyl (C=O) groups is 1. The van der Waals surface area contributed by atoms with Gasteiger partial charge in [-0.05, 0) is 42.0 Å². The Kier molecular flexibility index (Phi) is 4.92. The minimum absolute atomic E-state index is 0.0598. The Bertz CT molecular complexity index is 1240. The van der Waals surface area contributed by atoms with E-state index >= 15 is 0 Å². The fourth-order valence-electron chi connectivity index (χ4n) is 3.08. The van der Waals surface area contributed by atoms with Gasteiger partial charge >= 0.3 is 5.97 Å². The van der Waals surface area contributed by atoms with Crippen molar-refractivity contribution in [3.63, 3.8) is 0 Å². The van der Waals surface area contributed by atoms with E-state index in [0.717, 1.165) is 10.8 Å². The van der Waals surface area contributed by atoms with E-state index in [2.05, 4.69) is 4.74 Å². The molecule has 4 aromatic rings. The van der Waals surface area contributed by atoms with E-state index in [-0.39, 0.29) is 11.3 Å². The number of carbonyl (C=O) groups excluding carboxylic acids is 1. The largest absolute Gasteiger partial charge is 0.463 e. The molecule has 28 heavy (non-hydrogen) atoms. The molecule has 2 aromatic carbocycles. The number of hydrogen-bond donors (Lipinski definition) is 0. The van der Waals surface area contributed by atoms with E-state index in [4.69, 9.17) is 9.40 Å². The van der Waals surface area contributed by atoms with E-state index in [1.54, 1.807) is 16.7 Å². The molecule has 0 aliphatic carbocycles. The number of fused-ring (bicyclic) bond motifs is 2. The number of nitrogens with zero attached hydrogens (tertiary/aromatic N) is 2. The summed E-state index contributed by atoms with van der Waals surface area (Å²) in [6.07, 6.45) is 0. The lowest BCUT2D eigenvalue weighted by atomic mass is 10.1. The van der Waals surface area contributed by atoms with Crippen LogP contribution in [0.2, 0.25) is 0 Å². The standard InChI is InChI=1S/C21H18N2O4S/c1-3-23-19(24)16-10-13-6-4-5-7-14(13)11-17(16)22-21(23)28-12-15-8-9-18(27-15)20(25)26-2/h4-11H,3,12H2,1-2H3. The summed E-state index contributed by atoms with van der Waals surface area (Å²) in [6, 6.07) is 15.1. The number of furan rings is 1. The van der Waals surface area contributed by atoms with E-state index < -0.39 is 5.97 Å². The number of rotatable bonds is 5. The van der Waals surface area contributed by atoms with E-state index in [1.807, 2.05) is 43.3 Å². The molecule has 0 amide bonds. The number of ether oxygens (including phenoxy) is 1. The average Bonchev–Trinajstić information content (AvgIpc) is 3.19. The molecule has 7 heteroatoms. The molecule has 0 N–H and O–H groups in total. The first kappa shape index (κ1) is 18.3. The lowest BCUT2D eigenvalue weighted by Crippen LogP contribution is -2.22. The molecule has 0 bridgehead atoms. The normalized spacial score (nSPS) is 11.2. The first-order valence-corrected chi connectivity index (χ1v) is 9.82. The van der Waals surface area contributed by atoms with Gasteiger partial charge in [-0.25, -0.2) is 9.78 Å². The van der Waals surface area contributed by atoms with Crippen molar-refractivity contribution in [1.29, 1.82) is 0 Å². The molecule has 0 saturated carbocycles. The lowest BCUT2D eigenvalue weighted by molar-refractivity contribution is 0.0563. The number of thioether (sulfide) groups is 1. The number of methoxy groups -OCH3 is 1. The third-order valence-electron chi connectivity index (χ3n) is 4.49. The molecule has 142 valence electrons. The van der Waals surface area contributed by atoms with E-state index in [0.29, 0.717) is 34.1 Å². The van der Waals surface area contributed by atoms with Crippen LogP contribution in [0.5, 0.6) is 0 Å². The second kappa shape index (κ2) is 7.52. The number of hydrogen-bond acceptors (Lipinski definition) is 6. The van der Waals surface area contributed by atoms with Gasteiger partial charge in [0.05, 0.1) is 23.8 Å². The van der Waals surface area contributed by atoms with Gasteiger partial charge in [-0.15, -0.1) is 0 Å². The van der Waals surface area contributed by atoms with Crippen molar-refractivity contribution in [2.45, 2.75) is 24.4 Å². The van der Waals surface area contributed by atoms with Crippen molar-refractivity contribution in [3.8, 4) is 0 Å². The molecule has 0 radical (unpaired) electrons. The fraction of sp³-hybridized carbons (Fsp3) is 0.190. The minimum Gasteiger partial charge on any atom is -0.463 e. The predicted octanol–water partition coefficient (Wildman–Crippen LogP) is 4.24. The van der Waals surface area contributed by atoms with E-state index in [1.165, 1.54) is 18.9 Å². The molecule has 0 aliphatic heterocycles. The minimum atomic E-state index is -0.516. The molecule has 0 atom stereocenters. The number of benzene rings is 2. The van der Waals surface area contributed by atoms with Crippen molar-refractivity contribution in [1.82, 2.24) is 9.55 Å². The van der Waals surface area contributed by atoms with Gasteiger partial charge in [0.15, 0.2) is 5.16 Å². The number of aromatic nitrogens is 2. The first-order valence-electron chi connectivity index (χ1n) is 8.84. The zero-order chi connectivity index (χ0) is 19.7. The Hall–Kier alpha value is -3.06. The van der Waals surface area contributed by atoms with Crippen LogP contribution < -0.4 is 5.56 Å². The Morgan fingerprint density at radius 2 is 1.93 bits per heavy atom. The van der Waals surface area contributed by atoms with Crippen molar-refractivity contribution in [2.75, 3.05) is 7.11 Å². The van der Waals surface area contributed by atoms with Crippen LogP contribution in [0.1, 0.15) is 23.2 Å². The maximum absolute atomic E-state index is 13.0. The third kappa shape index (κ3) is 3.29. The van der Waals surface area contributed by atoms with Crippen LogP contribution in [0.4, 0.5) is 0 Å². The van der Waals surface area contributed by atoms with Crippen molar-refractivity contribution in [3.05, 3.63) is 70.4 Å². The van der Waals surface area contributed by atoms with Gasteiger partial charge in [0.2, 0.25) is 5.76 Å². The fourth-order valence-corrected chi connectivity index (χ4v) is 4.04. The Labute approximate surface area is 165 Å². The second-order valence-electron chi connectivity index (χ2n) is 6.21. The summed E-state index contributed by atoms with van der Waals surface area (Å²) in [5.41, 5.74) is 0.612. The van der Waals surface area contributed by atoms with Gasteiger partial charge in [0.1, 0.15) is 5.76 Å². The summed E-state index contributed by atoms with van der Waals surface area (Å²) >= 11 is 1.40. The predicted molar refractivity (Wildman–Crippen MR) is 109 cm³/mol. The maximum Gasteiger partial charge on any atom is 0.373 e. The van der Waals surface area contributed by atoms with Crippen LogP contribution in [-0.2, 0) is 17.0 Å². The van der Waals surface area contributed by atoms with Crippen LogP contribution >= 0.6 is 11.8 Å². The van der Waals surface area contributed by atoms with Crippen LogP contribution in [0.25, 0.3) is 21.7 Å². The van der Waals surface area contributed by atoms with Crippen LogP contribution in [0.3, 0.4) is 0 Å². The summed E-state index contributed by atoms with van der Waals surface area (Å²) < 4.78 is 11.8.